The SMILES string of the molecule is Cn1cc(Cl)c(C(=O)Nc2ccc(N3CCOCC3)c3nonc23)n1. The Kier molecular flexibility index (Phi) is 4.02. The summed E-state index contributed by atoms with van der Waals surface area (Å²) in [6.07, 6.45) is 1.56. The Balaban J connectivity index is 1.66. The molecule has 0 bridgehead atoms. The van der Waals surface area contributed by atoms with Gasteiger partial charge >= 0.3 is 0 Å². The molecule has 1 aliphatic heterocycles. The van der Waals surface area contributed by atoms with Gasteiger partial charge in [0.25, 0.3) is 5.91 Å². The number of morpholine rings is 1. The van der Waals surface area contributed by atoms with Crippen molar-refractivity contribution in [2.75, 3.05) is 36.5 Å². The zero-order valence-corrected chi connectivity index (χ0v) is 14.2. The van der Waals surface area contributed by atoms with Crippen molar-refractivity contribution in [2.45, 2.75) is 0 Å². The third kappa shape index (κ3) is 2.92. The van der Waals surface area contributed by atoms with Crippen molar-refractivity contribution in [3.05, 3.63) is 29.0 Å². The summed E-state index contributed by atoms with van der Waals surface area (Å²) in [5.41, 5.74) is 2.59. The Hall–Kier alpha value is -2.65. The molecule has 25 heavy (non-hydrogen) atoms. The van der Waals surface area contributed by atoms with Crippen LogP contribution in [0.15, 0.2) is 23.0 Å². The molecule has 0 atom stereocenters. The summed E-state index contributed by atoms with van der Waals surface area (Å²) in [6.45, 7) is 2.83. The predicted octanol–water partition coefficient (Wildman–Crippen LogP) is 1.70. The number of ether oxygens (including phenoxy) is 1. The predicted molar refractivity (Wildman–Crippen MR) is 91.0 cm³/mol. The molecule has 1 aliphatic rings. The monoisotopic (exact) mass is 362 g/mol. The molecule has 10 heteroatoms. The van der Waals surface area contributed by atoms with E-state index >= 15 is 0 Å². The minimum Gasteiger partial charge on any atom is -0.378 e. The van der Waals surface area contributed by atoms with E-state index in [1.54, 1.807) is 19.3 Å². The number of carbonyl (C=O) groups is 1. The number of hydrogen-bond donors (Lipinski definition) is 1. The topological polar surface area (TPSA) is 98.3 Å². The maximum Gasteiger partial charge on any atom is 0.277 e. The lowest BCUT2D eigenvalue weighted by molar-refractivity contribution is 0.102. The number of fused-ring (bicyclic) bond motifs is 1. The molecular formula is C15H15ClN6O3. The van der Waals surface area contributed by atoms with Crippen molar-refractivity contribution in [3.63, 3.8) is 0 Å². The summed E-state index contributed by atoms with van der Waals surface area (Å²) >= 11 is 6.02. The van der Waals surface area contributed by atoms with Crippen LogP contribution in [0.5, 0.6) is 0 Å². The van der Waals surface area contributed by atoms with Gasteiger partial charge in [-0.1, -0.05) is 11.6 Å². The first-order chi connectivity index (χ1) is 12.1. The third-order valence-electron chi connectivity index (χ3n) is 3.99. The number of nitrogens with zero attached hydrogens (tertiary/aromatic N) is 5. The van der Waals surface area contributed by atoms with Crippen LogP contribution >= 0.6 is 11.6 Å². The van der Waals surface area contributed by atoms with Gasteiger partial charge in [-0.25, -0.2) is 4.63 Å². The Morgan fingerprint density at radius 1 is 1.24 bits per heavy atom. The zero-order chi connectivity index (χ0) is 17.4. The van der Waals surface area contributed by atoms with Gasteiger partial charge < -0.3 is 15.0 Å². The Morgan fingerprint density at radius 2 is 2.00 bits per heavy atom. The minimum atomic E-state index is -0.422. The molecule has 1 fully saturated rings. The van der Waals surface area contributed by atoms with E-state index in [1.807, 2.05) is 6.07 Å². The second-order valence-corrected chi connectivity index (χ2v) is 6.05. The van der Waals surface area contributed by atoms with Crippen LogP contribution in [0, 0.1) is 0 Å². The Bertz CT molecular complexity index is 931. The highest BCUT2D eigenvalue weighted by Gasteiger charge is 2.21. The molecule has 0 saturated carbocycles. The number of carbonyl (C=O) groups excluding carboxylic acids is 1. The van der Waals surface area contributed by atoms with Gasteiger partial charge in [0.15, 0.2) is 16.7 Å². The standard InChI is InChI=1S/C15H15ClN6O3/c1-21-8-9(16)12(18-21)15(23)17-10-2-3-11(14-13(10)19-25-20-14)22-4-6-24-7-5-22/h2-3,8H,4-7H2,1H3,(H,17,23). The molecule has 0 radical (unpaired) electrons. The van der Waals surface area contributed by atoms with Gasteiger partial charge in [-0.05, 0) is 22.4 Å². The molecule has 0 spiro atoms. The molecule has 1 N–H and O–H groups in total. The van der Waals surface area contributed by atoms with E-state index in [0.29, 0.717) is 29.9 Å². The summed E-state index contributed by atoms with van der Waals surface area (Å²) in [5.74, 6) is -0.422. The van der Waals surface area contributed by atoms with E-state index in [4.69, 9.17) is 21.0 Å². The molecule has 4 rings (SSSR count). The van der Waals surface area contributed by atoms with Gasteiger partial charge in [0, 0.05) is 26.3 Å². The molecule has 3 heterocycles. The van der Waals surface area contributed by atoms with Gasteiger partial charge in [-0.3, -0.25) is 9.48 Å². The molecule has 1 saturated heterocycles. The van der Waals surface area contributed by atoms with E-state index in [0.717, 1.165) is 18.8 Å². The van der Waals surface area contributed by atoms with E-state index < -0.39 is 5.91 Å². The highest BCUT2D eigenvalue weighted by atomic mass is 35.5. The second kappa shape index (κ2) is 6.34. The number of aromatic nitrogens is 4. The zero-order valence-electron chi connectivity index (χ0n) is 13.4. The third-order valence-corrected chi connectivity index (χ3v) is 4.27. The van der Waals surface area contributed by atoms with Crippen LogP contribution in [0.4, 0.5) is 11.4 Å². The average Bonchev–Trinajstić information content (AvgIpc) is 3.22. The van der Waals surface area contributed by atoms with Crippen LogP contribution in [0.3, 0.4) is 0 Å². The molecule has 1 amide bonds. The summed E-state index contributed by atoms with van der Waals surface area (Å²) in [4.78, 5) is 14.6. The largest absolute Gasteiger partial charge is 0.378 e. The maximum absolute atomic E-state index is 12.4. The van der Waals surface area contributed by atoms with Crippen LogP contribution in [-0.2, 0) is 11.8 Å². The minimum absolute atomic E-state index is 0.144. The smallest absolute Gasteiger partial charge is 0.277 e. The Labute approximate surface area is 147 Å². The number of anilines is 2. The summed E-state index contributed by atoms with van der Waals surface area (Å²) in [5, 5.41) is 15.0. The number of nitrogens with one attached hydrogen (secondary N) is 1. The molecule has 3 aromatic rings. The van der Waals surface area contributed by atoms with E-state index in [9.17, 15) is 4.79 Å². The van der Waals surface area contributed by atoms with Crippen molar-refractivity contribution < 1.29 is 14.2 Å². The number of rotatable bonds is 3. The number of halogens is 1. The first-order valence-corrected chi connectivity index (χ1v) is 8.10. The fraction of sp³-hybridized carbons (Fsp3) is 0.333. The highest BCUT2D eigenvalue weighted by molar-refractivity contribution is 6.34. The summed E-state index contributed by atoms with van der Waals surface area (Å²) in [7, 11) is 1.69. The fourth-order valence-electron chi connectivity index (χ4n) is 2.81. The highest BCUT2D eigenvalue weighted by Crippen LogP contribution is 2.31. The second-order valence-electron chi connectivity index (χ2n) is 5.65. The number of aryl methyl sites for hydroxylation is 1. The maximum atomic E-state index is 12.4. The van der Waals surface area contributed by atoms with Crippen molar-refractivity contribution in [3.8, 4) is 0 Å². The van der Waals surface area contributed by atoms with Crippen LogP contribution in [0.2, 0.25) is 5.02 Å². The summed E-state index contributed by atoms with van der Waals surface area (Å²) in [6, 6.07) is 3.65. The lowest BCUT2D eigenvalue weighted by Crippen LogP contribution is -2.36. The van der Waals surface area contributed by atoms with Crippen molar-refractivity contribution in [1.29, 1.82) is 0 Å². The molecule has 1 aromatic carbocycles. The molecule has 130 valence electrons. The van der Waals surface area contributed by atoms with Crippen molar-refractivity contribution >= 4 is 39.9 Å². The van der Waals surface area contributed by atoms with Crippen LogP contribution in [0.1, 0.15) is 10.5 Å². The lowest BCUT2D eigenvalue weighted by Gasteiger charge is -2.28. The van der Waals surface area contributed by atoms with Crippen molar-refractivity contribution in [1.82, 2.24) is 20.1 Å². The molecule has 2 aromatic heterocycles. The van der Waals surface area contributed by atoms with Gasteiger partial charge in [-0.15, -0.1) is 0 Å². The van der Waals surface area contributed by atoms with Gasteiger partial charge in [0.1, 0.15) is 0 Å². The molecule has 0 aliphatic carbocycles. The van der Waals surface area contributed by atoms with Gasteiger partial charge in [0.05, 0.1) is 29.6 Å². The number of benzene rings is 1. The van der Waals surface area contributed by atoms with Crippen LogP contribution < -0.4 is 10.2 Å². The van der Waals surface area contributed by atoms with Gasteiger partial charge in [0.2, 0.25) is 0 Å². The molecular weight excluding hydrogens is 348 g/mol. The number of amides is 1. The molecule has 0 unspecified atom stereocenters. The van der Waals surface area contributed by atoms with Crippen molar-refractivity contribution in [2.24, 2.45) is 7.05 Å². The Morgan fingerprint density at radius 3 is 2.72 bits per heavy atom. The summed E-state index contributed by atoms with van der Waals surface area (Å²) < 4.78 is 11.7. The molecule has 9 nitrogen and oxygen atoms in total. The van der Waals surface area contributed by atoms with Gasteiger partial charge in [-0.2, -0.15) is 5.10 Å². The lowest BCUT2D eigenvalue weighted by atomic mass is 10.2. The van der Waals surface area contributed by atoms with Crippen LogP contribution in [-0.4, -0.2) is 52.3 Å². The normalized spacial score (nSPS) is 14.9. The first kappa shape index (κ1) is 15.9. The van der Waals surface area contributed by atoms with E-state index in [2.05, 4.69) is 25.6 Å². The first-order valence-electron chi connectivity index (χ1n) is 7.72. The van der Waals surface area contributed by atoms with E-state index in [1.165, 1.54) is 4.68 Å². The van der Waals surface area contributed by atoms with Crippen LogP contribution in [0.25, 0.3) is 11.0 Å². The average molecular weight is 363 g/mol. The fourth-order valence-corrected chi connectivity index (χ4v) is 3.07. The number of hydrogen-bond acceptors (Lipinski definition) is 7. The quantitative estimate of drug-likeness (QED) is 0.757. The van der Waals surface area contributed by atoms with E-state index in [-0.39, 0.29) is 10.7 Å².